The van der Waals surface area contributed by atoms with E-state index in [0.717, 1.165) is 10.9 Å². The molecular formula is C23H18N2O4S. The molecule has 2 aromatic carbocycles. The number of fused-ring (bicyclic) bond motifs is 1. The Labute approximate surface area is 176 Å². The molecule has 4 aromatic rings. The second-order valence-electron chi connectivity index (χ2n) is 6.47. The number of thiazole rings is 1. The SMILES string of the molecule is C=CCc1cccc(C=Nc2nc(-c3cc4cc(OC)ccc4oc3=O)cs2)c1O. The van der Waals surface area contributed by atoms with Crippen LogP contribution in [0.5, 0.6) is 11.5 Å². The summed E-state index contributed by atoms with van der Waals surface area (Å²) in [4.78, 5) is 21.2. The van der Waals surface area contributed by atoms with Gasteiger partial charge in [0.15, 0.2) is 0 Å². The van der Waals surface area contributed by atoms with Gasteiger partial charge in [-0.05, 0) is 42.3 Å². The molecule has 4 rings (SSSR count). The lowest BCUT2D eigenvalue weighted by atomic mass is 10.1. The molecule has 6 nitrogen and oxygen atoms in total. The van der Waals surface area contributed by atoms with Crippen LogP contribution < -0.4 is 10.4 Å². The fourth-order valence-electron chi connectivity index (χ4n) is 3.01. The number of ether oxygens (including phenoxy) is 1. The van der Waals surface area contributed by atoms with E-state index >= 15 is 0 Å². The zero-order valence-electron chi connectivity index (χ0n) is 16.2. The number of rotatable bonds is 6. The van der Waals surface area contributed by atoms with Crippen molar-refractivity contribution < 1.29 is 14.3 Å². The molecule has 0 amide bonds. The topological polar surface area (TPSA) is 84.9 Å². The van der Waals surface area contributed by atoms with E-state index in [1.54, 1.807) is 55.1 Å². The van der Waals surface area contributed by atoms with E-state index in [1.807, 2.05) is 12.1 Å². The zero-order valence-corrected chi connectivity index (χ0v) is 17.0. The number of hydrogen-bond acceptors (Lipinski definition) is 7. The Morgan fingerprint density at radius 3 is 2.97 bits per heavy atom. The number of phenols is 1. The summed E-state index contributed by atoms with van der Waals surface area (Å²) >= 11 is 1.29. The quantitative estimate of drug-likeness (QED) is 0.267. The molecule has 0 aliphatic carbocycles. The lowest BCUT2D eigenvalue weighted by Gasteiger charge is -2.04. The molecule has 0 fully saturated rings. The van der Waals surface area contributed by atoms with Crippen molar-refractivity contribution in [3.63, 3.8) is 0 Å². The van der Waals surface area contributed by atoms with Gasteiger partial charge in [-0.15, -0.1) is 17.9 Å². The van der Waals surface area contributed by atoms with Crippen LogP contribution in [-0.4, -0.2) is 23.4 Å². The van der Waals surface area contributed by atoms with Crippen molar-refractivity contribution in [2.75, 3.05) is 7.11 Å². The van der Waals surface area contributed by atoms with E-state index in [-0.39, 0.29) is 5.75 Å². The minimum Gasteiger partial charge on any atom is -0.507 e. The van der Waals surface area contributed by atoms with Crippen LogP contribution in [0.3, 0.4) is 0 Å². The fourth-order valence-corrected chi connectivity index (χ4v) is 3.68. The standard InChI is InChI=1S/C23H18N2O4S/c1-3-5-14-6-4-7-15(21(14)26)12-24-23-25-19(13-30-23)18-11-16-10-17(28-2)8-9-20(16)29-22(18)27/h3-4,6-13,26H,1,5H2,2H3. The molecule has 2 heterocycles. The molecule has 30 heavy (non-hydrogen) atoms. The molecule has 0 unspecified atom stereocenters. The number of nitrogens with zero attached hydrogens (tertiary/aromatic N) is 2. The van der Waals surface area contributed by atoms with E-state index in [2.05, 4.69) is 16.6 Å². The van der Waals surface area contributed by atoms with Crippen molar-refractivity contribution in [3.8, 4) is 22.8 Å². The highest BCUT2D eigenvalue weighted by molar-refractivity contribution is 7.13. The number of aliphatic imine (C=N–C) groups is 1. The number of methoxy groups -OCH3 is 1. The number of para-hydroxylation sites is 1. The number of aromatic hydroxyl groups is 1. The Bertz CT molecular complexity index is 1320. The van der Waals surface area contributed by atoms with Crippen LogP contribution in [0.15, 0.2) is 74.7 Å². The Balaban J connectivity index is 1.65. The largest absolute Gasteiger partial charge is 0.507 e. The first kappa shape index (κ1) is 19.6. The molecule has 0 atom stereocenters. The molecule has 2 aromatic heterocycles. The monoisotopic (exact) mass is 418 g/mol. The second kappa shape index (κ2) is 8.34. The molecule has 0 bridgehead atoms. The van der Waals surface area contributed by atoms with Gasteiger partial charge in [-0.3, -0.25) is 0 Å². The summed E-state index contributed by atoms with van der Waals surface area (Å²) in [6.45, 7) is 3.69. The molecule has 0 spiro atoms. The molecule has 150 valence electrons. The summed E-state index contributed by atoms with van der Waals surface area (Å²) in [5.74, 6) is 0.839. The van der Waals surface area contributed by atoms with Crippen LogP contribution in [0, 0.1) is 0 Å². The van der Waals surface area contributed by atoms with Crippen LogP contribution in [-0.2, 0) is 6.42 Å². The van der Waals surface area contributed by atoms with Crippen molar-refractivity contribution in [3.05, 3.63) is 82.0 Å². The number of hydrogen-bond donors (Lipinski definition) is 1. The van der Waals surface area contributed by atoms with Crippen molar-refractivity contribution in [1.29, 1.82) is 0 Å². The average molecular weight is 418 g/mol. The predicted octanol–water partition coefficient (Wildman–Crippen LogP) is 5.11. The molecule has 7 heteroatoms. The van der Waals surface area contributed by atoms with Crippen molar-refractivity contribution in [1.82, 2.24) is 4.98 Å². The minimum absolute atomic E-state index is 0.169. The maximum absolute atomic E-state index is 12.4. The van der Waals surface area contributed by atoms with Gasteiger partial charge in [-0.2, -0.15) is 0 Å². The smallest absolute Gasteiger partial charge is 0.345 e. The summed E-state index contributed by atoms with van der Waals surface area (Å²) in [7, 11) is 1.58. The van der Waals surface area contributed by atoms with Crippen LogP contribution in [0.4, 0.5) is 5.13 Å². The molecule has 0 radical (unpaired) electrons. The van der Waals surface area contributed by atoms with Gasteiger partial charge >= 0.3 is 5.63 Å². The summed E-state index contributed by atoms with van der Waals surface area (Å²) in [5.41, 5.74) is 2.21. The number of phenolic OH excluding ortho intramolecular Hbond substituents is 1. The first-order valence-electron chi connectivity index (χ1n) is 9.12. The molecule has 0 aliphatic rings. The van der Waals surface area contributed by atoms with Crippen molar-refractivity contribution >= 4 is 33.7 Å². The van der Waals surface area contributed by atoms with Gasteiger partial charge in [0.2, 0.25) is 5.13 Å². The van der Waals surface area contributed by atoms with Gasteiger partial charge in [0.05, 0.1) is 18.4 Å². The Morgan fingerprint density at radius 2 is 2.17 bits per heavy atom. The lowest BCUT2D eigenvalue weighted by Crippen LogP contribution is -2.02. The maximum atomic E-state index is 12.4. The summed E-state index contributed by atoms with van der Waals surface area (Å²) in [5, 5.41) is 13.3. The van der Waals surface area contributed by atoms with Crippen LogP contribution in [0.25, 0.3) is 22.2 Å². The van der Waals surface area contributed by atoms with Crippen LogP contribution >= 0.6 is 11.3 Å². The van der Waals surface area contributed by atoms with E-state index < -0.39 is 5.63 Å². The third-order valence-electron chi connectivity index (χ3n) is 4.54. The molecule has 0 aliphatic heterocycles. The van der Waals surface area contributed by atoms with Gasteiger partial charge in [-0.25, -0.2) is 14.8 Å². The summed E-state index contributed by atoms with van der Waals surface area (Å²) < 4.78 is 10.6. The van der Waals surface area contributed by atoms with E-state index in [9.17, 15) is 9.90 Å². The van der Waals surface area contributed by atoms with Gasteiger partial charge in [0.25, 0.3) is 0 Å². The summed E-state index contributed by atoms with van der Waals surface area (Å²) in [6.07, 6.45) is 3.85. The lowest BCUT2D eigenvalue weighted by molar-refractivity contribution is 0.415. The van der Waals surface area contributed by atoms with Crippen LogP contribution in [0.1, 0.15) is 11.1 Å². The van der Waals surface area contributed by atoms with Gasteiger partial charge in [0.1, 0.15) is 17.1 Å². The number of aromatic nitrogens is 1. The first-order chi connectivity index (χ1) is 14.6. The normalized spacial score (nSPS) is 11.2. The fraction of sp³-hybridized carbons (Fsp3) is 0.0870. The molecule has 1 N–H and O–H groups in total. The zero-order chi connectivity index (χ0) is 21.1. The maximum Gasteiger partial charge on any atom is 0.345 e. The minimum atomic E-state index is -0.469. The molecule has 0 saturated heterocycles. The third-order valence-corrected chi connectivity index (χ3v) is 5.29. The molecule has 0 saturated carbocycles. The van der Waals surface area contributed by atoms with E-state index in [4.69, 9.17) is 9.15 Å². The Morgan fingerprint density at radius 1 is 1.30 bits per heavy atom. The van der Waals surface area contributed by atoms with E-state index in [1.165, 1.54) is 11.3 Å². The van der Waals surface area contributed by atoms with E-state index in [0.29, 0.717) is 39.7 Å². The highest BCUT2D eigenvalue weighted by atomic mass is 32.1. The number of allylic oxidation sites excluding steroid dienone is 1. The van der Waals surface area contributed by atoms with Gasteiger partial charge in [0, 0.05) is 22.5 Å². The third kappa shape index (κ3) is 3.88. The average Bonchev–Trinajstić information content (AvgIpc) is 3.22. The summed E-state index contributed by atoms with van der Waals surface area (Å²) in [6, 6.07) is 12.4. The number of benzene rings is 2. The van der Waals surface area contributed by atoms with Gasteiger partial charge < -0.3 is 14.3 Å². The highest BCUT2D eigenvalue weighted by Crippen LogP contribution is 2.29. The van der Waals surface area contributed by atoms with Crippen LogP contribution in [0.2, 0.25) is 0 Å². The van der Waals surface area contributed by atoms with Crippen molar-refractivity contribution in [2.24, 2.45) is 4.99 Å². The Hall–Kier alpha value is -3.71. The molecular weight excluding hydrogens is 400 g/mol. The second-order valence-corrected chi connectivity index (χ2v) is 7.31. The van der Waals surface area contributed by atoms with Gasteiger partial charge in [-0.1, -0.05) is 18.2 Å². The first-order valence-corrected chi connectivity index (χ1v) is 10.0. The highest BCUT2D eigenvalue weighted by Gasteiger charge is 2.12. The van der Waals surface area contributed by atoms with Crippen molar-refractivity contribution in [2.45, 2.75) is 6.42 Å². The Kier molecular flexibility index (Phi) is 5.45. The predicted molar refractivity (Wildman–Crippen MR) is 119 cm³/mol.